The highest BCUT2D eigenvalue weighted by Crippen LogP contribution is 2.12. The average Bonchev–Trinajstić information content (AvgIpc) is 3.14. The zero-order valence-electron chi connectivity index (χ0n) is 16.4. The van der Waals surface area contributed by atoms with Gasteiger partial charge in [0, 0.05) is 58.3 Å². The standard InChI is InChI=1S/C16H28N6O4S.HI/c1-13(2)15(23)18-5-6-19-16(17-3)21-7-9-22(10-8-21)27(24,25)12-14-4-11-26-20-14;/h4,11,13H,5-10,12H2,1-3H3,(H,17,19)(H,18,23);1H. The summed E-state index contributed by atoms with van der Waals surface area (Å²) in [4.78, 5) is 17.8. The normalized spacial score (nSPS) is 16.0. The molecule has 0 bridgehead atoms. The van der Waals surface area contributed by atoms with Crippen molar-refractivity contribution in [3.63, 3.8) is 0 Å². The van der Waals surface area contributed by atoms with E-state index in [0.717, 1.165) is 0 Å². The highest BCUT2D eigenvalue weighted by atomic mass is 127. The number of halogens is 1. The summed E-state index contributed by atoms with van der Waals surface area (Å²) in [5.41, 5.74) is 0.401. The molecule has 2 rings (SSSR count). The van der Waals surface area contributed by atoms with Crippen LogP contribution in [0.1, 0.15) is 19.5 Å². The third kappa shape index (κ3) is 7.20. The minimum absolute atomic E-state index is 0. The predicted octanol–water partition coefficient (Wildman–Crippen LogP) is 0.0876. The molecule has 1 aliphatic heterocycles. The Hall–Kier alpha value is -1.41. The number of rotatable bonds is 7. The second-order valence-electron chi connectivity index (χ2n) is 6.55. The number of nitrogens with zero attached hydrogens (tertiary/aromatic N) is 4. The molecule has 2 N–H and O–H groups in total. The molecule has 0 saturated carbocycles. The number of carbonyl (C=O) groups is 1. The number of aromatic nitrogens is 1. The first-order chi connectivity index (χ1) is 12.8. The summed E-state index contributed by atoms with van der Waals surface area (Å²) in [5.74, 6) is 0.503. The Morgan fingerprint density at radius 1 is 1.25 bits per heavy atom. The highest BCUT2D eigenvalue weighted by Gasteiger charge is 2.28. The molecule has 2 heterocycles. The van der Waals surface area contributed by atoms with Gasteiger partial charge in [-0.1, -0.05) is 19.0 Å². The van der Waals surface area contributed by atoms with Gasteiger partial charge in [-0.2, -0.15) is 4.31 Å². The molecule has 0 unspecified atom stereocenters. The summed E-state index contributed by atoms with van der Waals surface area (Å²) in [6.45, 7) is 6.58. The van der Waals surface area contributed by atoms with Crippen LogP contribution in [-0.4, -0.2) is 81.0 Å². The number of guanidine groups is 1. The lowest BCUT2D eigenvalue weighted by atomic mass is 10.2. The molecule has 0 atom stereocenters. The third-order valence-corrected chi connectivity index (χ3v) is 6.01. The molecule has 0 spiro atoms. The SMILES string of the molecule is CN=C(NCCNC(=O)C(C)C)N1CCN(S(=O)(=O)Cc2ccon2)CC1.I. The molecular formula is C16H29IN6O4S. The van der Waals surface area contributed by atoms with Crippen molar-refractivity contribution < 1.29 is 17.7 Å². The highest BCUT2D eigenvalue weighted by molar-refractivity contribution is 14.0. The Bertz CT molecular complexity index is 730. The van der Waals surface area contributed by atoms with Crippen LogP contribution in [0.3, 0.4) is 0 Å². The Kier molecular flexibility index (Phi) is 10.2. The molecule has 1 aromatic rings. The Morgan fingerprint density at radius 2 is 1.89 bits per heavy atom. The fourth-order valence-electron chi connectivity index (χ4n) is 2.66. The number of nitrogens with one attached hydrogen (secondary N) is 2. The van der Waals surface area contributed by atoms with E-state index in [9.17, 15) is 13.2 Å². The second kappa shape index (κ2) is 11.6. The lowest BCUT2D eigenvalue weighted by molar-refractivity contribution is -0.123. The van der Waals surface area contributed by atoms with Crippen LogP contribution >= 0.6 is 24.0 Å². The molecule has 28 heavy (non-hydrogen) atoms. The van der Waals surface area contributed by atoms with Crippen molar-refractivity contribution in [2.75, 3.05) is 46.3 Å². The number of piperazine rings is 1. The van der Waals surface area contributed by atoms with Crippen LogP contribution in [0.4, 0.5) is 0 Å². The molecule has 1 aliphatic rings. The fraction of sp³-hybridized carbons (Fsp3) is 0.688. The summed E-state index contributed by atoms with van der Waals surface area (Å²) in [5, 5.41) is 9.70. The van der Waals surface area contributed by atoms with Gasteiger partial charge in [0.2, 0.25) is 15.9 Å². The quantitative estimate of drug-likeness (QED) is 0.223. The van der Waals surface area contributed by atoms with E-state index in [1.165, 1.54) is 10.6 Å². The molecule has 1 aromatic heterocycles. The average molecular weight is 528 g/mol. The number of carbonyl (C=O) groups excluding carboxylic acids is 1. The van der Waals surface area contributed by atoms with Gasteiger partial charge in [-0.05, 0) is 0 Å². The van der Waals surface area contributed by atoms with Crippen molar-refractivity contribution in [1.29, 1.82) is 0 Å². The topological polar surface area (TPSA) is 120 Å². The lowest BCUT2D eigenvalue weighted by Crippen LogP contribution is -2.54. The van der Waals surface area contributed by atoms with Crippen LogP contribution in [0.15, 0.2) is 21.8 Å². The van der Waals surface area contributed by atoms with Gasteiger partial charge < -0.3 is 20.1 Å². The maximum atomic E-state index is 12.5. The van der Waals surface area contributed by atoms with Crippen LogP contribution in [0.2, 0.25) is 0 Å². The summed E-state index contributed by atoms with van der Waals surface area (Å²) in [6.07, 6.45) is 1.36. The van der Waals surface area contributed by atoms with Gasteiger partial charge in [0.05, 0.1) is 5.69 Å². The van der Waals surface area contributed by atoms with Gasteiger partial charge in [0.1, 0.15) is 12.0 Å². The Labute approximate surface area is 183 Å². The maximum Gasteiger partial charge on any atom is 0.222 e. The number of hydrogen-bond donors (Lipinski definition) is 2. The monoisotopic (exact) mass is 528 g/mol. The molecule has 1 amide bonds. The summed E-state index contributed by atoms with van der Waals surface area (Å²) in [6, 6.07) is 1.55. The molecule has 1 fully saturated rings. The molecule has 0 aromatic carbocycles. The van der Waals surface area contributed by atoms with E-state index in [1.807, 2.05) is 18.7 Å². The first kappa shape index (κ1) is 24.6. The van der Waals surface area contributed by atoms with Crippen LogP contribution in [0.5, 0.6) is 0 Å². The van der Waals surface area contributed by atoms with Crippen LogP contribution in [0, 0.1) is 5.92 Å². The van der Waals surface area contributed by atoms with Crippen LogP contribution in [0.25, 0.3) is 0 Å². The van der Waals surface area contributed by atoms with E-state index in [2.05, 4.69) is 20.8 Å². The van der Waals surface area contributed by atoms with Crippen molar-refractivity contribution in [3.05, 3.63) is 18.0 Å². The smallest absolute Gasteiger partial charge is 0.222 e. The molecule has 0 aliphatic carbocycles. The molecular weight excluding hydrogens is 499 g/mol. The third-order valence-electron chi connectivity index (χ3n) is 4.20. The minimum atomic E-state index is -3.42. The van der Waals surface area contributed by atoms with E-state index in [4.69, 9.17) is 4.52 Å². The largest absolute Gasteiger partial charge is 0.364 e. The summed E-state index contributed by atoms with van der Waals surface area (Å²) >= 11 is 0. The van der Waals surface area contributed by atoms with Crippen molar-refractivity contribution in [1.82, 2.24) is 25.0 Å². The number of aliphatic imine (C=N–C) groups is 1. The van der Waals surface area contributed by atoms with Crippen molar-refractivity contribution in [3.8, 4) is 0 Å². The zero-order chi connectivity index (χ0) is 19.9. The molecule has 12 heteroatoms. The first-order valence-electron chi connectivity index (χ1n) is 8.94. The van der Waals surface area contributed by atoms with Gasteiger partial charge in [0.15, 0.2) is 5.96 Å². The van der Waals surface area contributed by atoms with E-state index < -0.39 is 10.0 Å². The molecule has 0 radical (unpaired) electrons. The van der Waals surface area contributed by atoms with Crippen LogP contribution in [-0.2, 0) is 20.6 Å². The fourth-order valence-corrected chi connectivity index (χ4v) is 4.09. The van der Waals surface area contributed by atoms with E-state index in [1.54, 1.807) is 13.1 Å². The minimum Gasteiger partial charge on any atom is -0.364 e. The van der Waals surface area contributed by atoms with Gasteiger partial charge in [-0.3, -0.25) is 9.79 Å². The molecule has 10 nitrogen and oxygen atoms in total. The number of hydrogen-bond acceptors (Lipinski definition) is 6. The molecule has 160 valence electrons. The maximum absolute atomic E-state index is 12.5. The van der Waals surface area contributed by atoms with Crippen molar-refractivity contribution in [2.24, 2.45) is 10.9 Å². The van der Waals surface area contributed by atoms with E-state index in [0.29, 0.717) is 50.9 Å². The van der Waals surface area contributed by atoms with Gasteiger partial charge in [-0.25, -0.2) is 8.42 Å². The summed E-state index contributed by atoms with van der Waals surface area (Å²) in [7, 11) is -1.74. The number of sulfonamides is 1. The first-order valence-corrected chi connectivity index (χ1v) is 10.5. The predicted molar refractivity (Wildman–Crippen MR) is 117 cm³/mol. The van der Waals surface area contributed by atoms with Crippen molar-refractivity contribution >= 4 is 45.9 Å². The van der Waals surface area contributed by atoms with Gasteiger partial charge >= 0.3 is 0 Å². The summed E-state index contributed by atoms with van der Waals surface area (Å²) < 4.78 is 31.1. The number of amides is 1. The Balaban J connectivity index is 0.00000392. The van der Waals surface area contributed by atoms with Crippen LogP contribution < -0.4 is 10.6 Å². The second-order valence-corrected chi connectivity index (χ2v) is 8.52. The van der Waals surface area contributed by atoms with Gasteiger partial charge in [0.25, 0.3) is 0 Å². The van der Waals surface area contributed by atoms with E-state index >= 15 is 0 Å². The zero-order valence-corrected chi connectivity index (χ0v) is 19.6. The van der Waals surface area contributed by atoms with Crippen molar-refractivity contribution in [2.45, 2.75) is 19.6 Å². The van der Waals surface area contributed by atoms with E-state index in [-0.39, 0.29) is 41.6 Å². The Morgan fingerprint density at radius 3 is 2.43 bits per heavy atom. The molecule has 1 saturated heterocycles. The lowest BCUT2D eigenvalue weighted by Gasteiger charge is -2.35. The van der Waals surface area contributed by atoms with Gasteiger partial charge in [-0.15, -0.1) is 24.0 Å².